The number of amides is 2. The number of rotatable bonds is 5. The van der Waals surface area contributed by atoms with Crippen LogP contribution in [-0.4, -0.2) is 54.5 Å². The predicted octanol–water partition coefficient (Wildman–Crippen LogP) is 2.56. The Balaban J connectivity index is 1.61. The van der Waals surface area contributed by atoms with E-state index < -0.39 is 12.1 Å². The summed E-state index contributed by atoms with van der Waals surface area (Å²) in [4.78, 5) is 29.1. The second-order valence-electron chi connectivity index (χ2n) is 7.27. The first kappa shape index (κ1) is 19.9. The molecular formula is C22H27N3O3. The van der Waals surface area contributed by atoms with E-state index in [1.54, 1.807) is 4.90 Å². The third-order valence-electron chi connectivity index (χ3n) is 4.82. The van der Waals surface area contributed by atoms with Gasteiger partial charge in [-0.2, -0.15) is 0 Å². The third-order valence-corrected chi connectivity index (χ3v) is 4.82. The van der Waals surface area contributed by atoms with Gasteiger partial charge in [0.1, 0.15) is 12.6 Å². The van der Waals surface area contributed by atoms with Crippen molar-refractivity contribution in [3.05, 3.63) is 71.3 Å². The number of hydrogen-bond acceptors (Lipinski definition) is 4. The Hall–Kier alpha value is -2.86. The van der Waals surface area contributed by atoms with E-state index in [2.05, 4.69) is 16.3 Å². The molecule has 0 aliphatic carbocycles. The Labute approximate surface area is 166 Å². The summed E-state index contributed by atoms with van der Waals surface area (Å²) in [6.45, 7) is 4.59. The zero-order valence-corrected chi connectivity index (χ0v) is 16.4. The van der Waals surface area contributed by atoms with E-state index in [0.29, 0.717) is 19.6 Å². The molecule has 0 unspecified atom stereocenters. The molecule has 1 saturated heterocycles. The van der Waals surface area contributed by atoms with Crippen molar-refractivity contribution in [2.24, 2.45) is 0 Å². The van der Waals surface area contributed by atoms with Crippen LogP contribution in [0.2, 0.25) is 0 Å². The fraction of sp³-hybridized carbons (Fsp3) is 0.364. The first-order chi connectivity index (χ1) is 13.5. The van der Waals surface area contributed by atoms with E-state index in [-0.39, 0.29) is 12.5 Å². The molecule has 0 saturated carbocycles. The molecule has 3 rings (SSSR count). The summed E-state index contributed by atoms with van der Waals surface area (Å²) in [5.41, 5.74) is 3.15. The number of nitrogens with zero attached hydrogens (tertiary/aromatic N) is 2. The van der Waals surface area contributed by atoms with Gasteiger partial charge in [0, 0.05) is 26.2 Å². The fourth-order valence-electron chi connectivity index (χ4n) is 3.31. The Morgan fingerprint density at radius 1 is 1.11 bits per heavy atom. The van der Waals surface area contributed by atoms with Crippen LogP contribution >= 0.6 is 0 Å². The van der Waals surface area contributed by atoms with Crippen LogP contribution in [-0.2, 0) is 22.7 Å². The molecular weight excluding hydrogens is 354 g/mol. The van der Waals surface area contributed by atoms with Crippen LogP contribution in [0, 0.1) is 6.92 Å². The van der Waals surface area contributed by atoms with Crippen LogP contribution < -0.4 is 5.32 Å². The van der Waals surface area contributed by atoms with Crippen LogP contribution in [0.1, 0.15) is 16.7 Å². The number of alkyl carbamates (subject to hydrolysis) is 1. The van der Waals surface area contributed by atoms with Gasteiger partial charge in [-0.05, 0) is 25.1 Å². The highest BCUT2D eigenvalue weighted by atomic mass is 16.5. The van der Waals surface area contributed by atoms with Crippen molar-refractivity contribution in [3.8, 4) is 0 Å². The lowest BCUT2D eigenvalue weighted by Crippen LogP contribution is -2.50. The van der Waals surface area contributed by atoms with E-state index in [1.165, 1.54) is 0 Å². The molecule has 0 bridgehead atoms. The van der Waals surface area contributed by atoms with Gasteiger partial charge in [0.25, 0.3) is 0 Å². The van der Waals surface area contributed by atoms with Crippen molar-refractivity contribution < 1.29 is 14.3 Å². The molecule has 1 atom stereocenters. The van der Waals surface area contributed by atoms with Crippen molar-refractivity contribution in [3.63, 3.8) is 0 Å². The van der Waals surface area contributed by atoms with E-state index in [1.807, 2.05) is 62.5 Å². The maximum Gasteiger partial charge on any atom is 0.408 e. The molecule has 6 nitrogen and oxygen atoms in total. The van der Waals surface area contributed by atoms with Crippen molar-refractivity contribution in [1.29, 1.82) is 0 Å². The van der Waals surface area contributed by atoms with Crippen LogP contribution in [0.25, 0.3) is 0 Å². The Morgan fingerprint density at radius 2 is 1.86 bits per heavy atom. The minimum absolute atomic E-state index is 0.0810. The first-order valence-electron chi connectivity index (χ1n) is 9.51. The molecule has 1 aliphatic heterocycles. The summed E-state index contributed by atoms with van der Waals surface area (Å²) >= 11 is 0. The molecule has 2 aromatic carbocycles. The van der Waals surface area contributed by atoms with Gasteiger partial charge < -0.3 is 19.9 Å². The molecule has 1 fully saturated rings. The van der Waals surface area contributed by atoms with Crippen LogP contribution in [0.3, 0.4) is 0 Å². The number of likely N-dealkylation sites (N-methyl/N-ethyl adjacent to an activating group) is 1. The molecule has 148 valence electrons. The highest BCUT2D eigenvalue weighted by Gasteiger charge is 2.30. The van der Waals surface area contributed by atoms with Crippen molar-refractivity contribution >= 4 is 12.0 Å². The first-order valence-corrected chi connectivity index (χ1v) is 9.51. The van der Waals surface area contributed by atoms with E-state index in [4.69, 9.17) is 4.74 Å². The van der Waals surface area contributed by atoms with Gasteiger partial charge >= 0.3 is 6.09 Å². The summed E-state index contributed by atoms with van der Waals surface area (Å²) in [5.74, 6) is -0.0810. The number of carbonyl (C=O) groups is 2. The van der Waals surface area contributed by atoms with E-state index in [0.717, 1.165) is 23.2 Å². The Morgan fingerprint density at radius 3 is 2.61 bits per heavy atom. The predicted molar refractivity (Wildman–Crippen MR) is 108 cm³/mol. The highest BCUT2D eigenvalue weighted by Crippen LogP contribution is 2.12. The normalized spacial score (nSPS) is 17.9. The average molecular weight is 381 g/mol. The second kappa shape index (κ2) is 9.37. The monoisotopic (exact) mass is 381 g/mol. The zero-order chi connectivity index (χ0) is 19.9. The number of carbonyl (C=O) groups excluding carboxylic acids is 2. The quantitative estimate of drug-likeness (QED) is 0.865. The number of benzene rings is 2. The Bertz CT molecular complexity index is 810. The molecule has 0 spiro atoms. The summed E-state index contributed by atoms with van der Waals surface area (Å²) in [5, 5.41) is 2.74. The molecule has 1 heterocycles. The Kier molecular flexibility index (Phi) is 6.66. The number of nitrogens with one attached hydrogen (secondary N) is 1. The maximum atomic E-state index is 13.0. The lowest BCUT2D eigenvalue weighted by molar-refractivity contribution is -0.133. The van der Waals surface area contributed by atoms with Gasteiger partial charge in [0.15, 0.2) is 0 Å². The van der Waals surface area contributed by atoms with Gasteiger partial charge in [-0.1, -0.05) is 60.2 Å². The fourth-order valence-corrected chi connectivity index (χ4v) is 3.31. The molecule has 0 radical (unpaired) electrons. The number of hydrogen-bond donors (Lipinski definition) is 1. The molecule has 1 N–H and O–H groups in total. The SMILES string of the molecule is Cc1cccc(CN2CCN(C)C[C@@H](NC(=O)OCc3ccccc3)C2=O)c1. The largest absolute Gasteiger partial charge is 0.445 e. The molecule has 28 heavy (non-hydrogen) atoms. The summed E-state index contributed by atoms with van der Waals surface area (Å²) in [7, 11) is 1.95. The minimum Gasteiger partial charge on any atom is -0.445 e. The van der Waals surface area contributed by atoms with E-state index in [9.17, 15) is 9.59 Å². The van der Waals surface area contributed by atoms with Crippen LogP contribution in [0.15, 0.2) is 54.6 Å². The maximum absolute atomic E-state index is 13.0. The molecule has 0 aromatic heterocycles. The van der Waals surface area contributed by atoms with Gasteiger partial charge in [0.2, 0.25) is 5.91 Å². The summed E-state index contributed by atoms with van der Waals surface area (Å²) in [6.07, 6.45) is -0.576. The second-order valence-corrected chi connectivity index (χ2v) is 7.27. The summed E-state index contributed by atoms with van der Waals surface area (Å²) < 4.78 is 5.29. The molecule has 2 amide bonds. The smallest absolute Gasteiger partial charge is 0.408 e. The highest BCUT2D eigenvalue weighted by molar-refractivity contribution is 5.86. The topological polar surface area (TPSA) is 61.9 Å². The van der Waals surface area contributed by atoms with Gasteiger partial charge in [0.05, 0.1) is 0 Å². The van der Waals surface area contributed by atoms with Crippen molar-refractivity contribution in [1.82, 2.24) is 15.1 Å². The average Bonchev–Trinajstić information content (AvgIpc) is 2.81. The summed E-state index contributed by atoms with van der Waals surface area (Å²) in [6, 6.07) is 17.0. The van der Waals surface area contributed by atoms with Gasteiger partial charge in [-0.25, -0.2) is 4.79 Å². The van der Waals surface area contributed by atoms with Gasteiger partial charge in [-0.15, -0.1) is 0 Å². The minimum atomic E-state index is -0.624. The molecule has 6 heteroatoms. The standard InChI is InChI=1S/C22H27N3O3/c1-17-7-6-10-19(13-17)14-25-12-11-24(2)15-20(21(25)26)23-22(27)28-16-18-8-4-3-5-9-18/h3-10,13,20H,11-12,14-16H2,1-2H3,(H,23,27)/t20-/m1/s1. The number of aryl methyl sites for hydroxylation is 1. The lowest BCUT2D eigenvalue weighted by Gasteiger charge is -2.24. The van der Waals surface area contributed by atoms with Crippen LogP contribution in [0.4, 0.5) is 4.79 Å². The van der Waals surface area contributed by atoms with Crippen LogP contribution in [0.5, 0.6) is 0 Å². The van der Waals surface area contributed by atoms with Gasteiger partial charge in [-0.3, -0.25) is 4.79 Å². The van der Waals surface area contributed by atoms with Crippen molar-refractivity contribution in [2.75, 3.05) is 26.7 Å². The molecule has 2 aromatic rings. The molecule has 1 aliphatic rings. The third kappa shape index (κ3) is 5.57. The lowest BCUT2D eigenvalue weighted by atomic mass is 10.1. The van der Waals surface area contributed by atoms with Crippen molar-refractivity contribution in [2.45, 2.75) is 26.1 Å². The van der Waals surface area contributed by atoms with E-state index >= 15 is 0 Å². The number of ether oxygens (including phenoxy) is 1. The zero-order valence-electron chi connectivity index (χ0n) is 16.4.